The molecular weight excluding hydrogens is 190 g/mol. The molecule has 3 nitrogen and oxygen atoms in total. The van der Waals surface area contributed by atoms with Crippen LogP contribution in [0.25, 0.3) is 0 Å². The highest BCUT2D eigenvalue weighted by molar-refractivity contribution is 6.17. The zero-order valence-corrected chi connectivity index (χ0v) is 7.83. The Hall–Kier alpha value is -0.640. The van der Waals surface area contributed by atoms with Crippen molar-refractivity contribution in [3.05, 3.63) is 29.6 Å². The summed E-state index contributed by atoms with van der Waals surface area (Å²) < 4.78 is 10.7. The van der Waals surface area contributed by atoms with Gasteiger partial charge in [-0.2, -0.15) is 0 Å². The first-order valence-corrected chi connectivity index (χ1v) is 4.66. The number of ether oxygens (including phenoxy) is 2. The summed E-state index contributed by atoms with van der Waals surface area (Å²) in [6, 6.07) is 1.95. The lowest BCUT2D eigenvalue weighted by atomic mass is 10.2. The molecule has 2 heterocycles. The quantitative estimate of drug-likeness (QED) is 0.682. The van der Waals surface area contributed by atoms with Gasteiger partial charge in [-0.15, -0.1) is 11.6 Å². The van der Waals surface area contributed by atoms with E-state index in [1.54, 1.807) is 12.4 Å². The van der Waals surface area contributed by atoms with Gasteiger partial charge in [0.25, 0.3) is 0 Å². The molecule has 1 aliphatic rings. The average molecular weight is 200 g/mol. The SMILES string of the molecule is ClCc1cncc(C2OCCO2)c1. The molecule has 0 atom stereocenters. The first kappa shape index (κ1) is 8.94. The smallest absolute Gasteiger partial charge is 0.185 e. The van der Waals surface area contributed by atoms with Crippen molar-refractivity contribution in [2.75, 3.05) is 13.2 Å². The topological polar surface area (TPSA) is 31.4 Å². The van der Waals surface area contributed by atoms with Gasteiger partial charge >= 0.3 is 0 Å². The molecule has 1 aromatic heterocycles. The molecule has 0 bridgehead atoms. The minimum absolute atomic E-state index is 0.254. The summed E-state index contributed by atoms with van der Waals surface area (Å²) in [7, 11) is 0. The first-order chi connectivity index (χ1) is 6.40. The van der Waals surface area contributed by atoms with E-state index < -0.39 is 0 Å². The number of hydrogen-bond acceptors (Lipinski definition) is 3. The van der Waals surface area contributed by atoms with Crippen molar-refractivity contribution < 1.29 is 9.47 Å². The van der Waals surface area contributed by atoms with E-state index in [0.29, 0.717) is 19.1 Å². The van der Waals surface area contributed by atoms with Gasteiger partial charge in [0.2, 0.25) is 0 Å². The van der Waals surface area contributed by atoms with E-state index in [4.69, 9.17) is 21.1 Å². The van der Waals surface area contributed by atoms with Crippen LogP contribution in [0, 0.1) is 0 Å². The molecule has 13 heavy (non-hydrogen) atoms. The Bertz CT molecular complexity index is 287. The minimum atomic E-state index is -0.254. The second-order valence-corrected chi connectivity index (χ2v) is 3.10. The number of nitrogens with zero attached hydrogens (tertiary/aromatic N) is 1. The molecule has 0 amide bonds. The third-order valence-electron chi connectivity index (χ3n) is 1.86. The summed E-state index contributed by atoms with van der Waals surface area (Å²) >= 11 is 5.68. The molecule has 0 aromatic carbocycles. The standard InChI is InChI=1S/C9H10ClNO2/c10-4-7-3-8(6-11-5-7)9-12-1-2-13-9/h3,5-6,9H,1-2,4H2. The predicted molar refractivity (Wildman–Crippen MR) is 48.4 cm³/mol. The first-order valence-electron chi connectivity index (χ1n) is 4.13. The largest absolute Gasteiger partial charge is 0.346 e. The van der Waals surface area contributed by atoms with Crippen molar-refractivity contribution >= 4 is 11.6 Å². The Morgan fingerprint density at radius 2 is 2.15 bits per heavy atom. The molecule has 2 rings (SSSR count). The van der Waals surface area contributed by atoms with Crippen molar-refractivity contribution in [2.24, 2.45) is 0 Å². The maximum Gasteiger partial charge on any atom is 0.185 e. The lowest BCUT2D eigenvalue weighted by Gasteiger charge is -2.08. The summed E-state index contributed by atoms with van der Waals surface area (Å²) in [5.41, 5.74) is 1.92. The van der Waals surface area contributed by atoms with E-state index >= 15 is 0 Å². The van der Waals surface area contributed by atoms with E-state index in [0.717, 1.165) is 11.1 Å². The molecule has 0 N–H and O–H groups in total. The Balaban J connectivity index is 2.18. The van der Waals surface area contributed by atoms with Crippen LogP contribution >= 0.6 is 11.6 Å². The van der Waals surface area contributed by atoms with Gasteiger partial charge in [-0.25, -0.2) is 0 Å². The molecule has 1 saturated heterocycles. The van der Waals surface area contributed by atoms with Crippen LogP contribution in [0.3, 0.4) is 0 Å². The number of hydrogen-bond donors (Lipinski definition) is 0. The normalized spacial score (nSPS) is 17.9. The predicted octanol–water partition coefficient (Wildman–Crippen LogP) is 1.87. The van der Waals surface area contributed by atoms with E-state index in [9.17, 15) is 0 Å². The average Bonchev–Trinajstić information content (AvgIpc) is 2.71. The molecule has 4 heteroatoms. The van der Waals surface area contributed by atoms with E-state index in [1.165, 1.54) is 0 Å². The highest BCUT2D eigenvalue weighted by atomic mass is 35.5. The van der Waals surface area contributed by atoms with E-state index in [1.807, 2.05) is 6.07 Å². The number of pyridine rings is 1. The number of rotatable bonds is 2. The number of aromatic nitrogens is 1. The van der Waals surface area contributed by atoms with E-state index in [-0.39, 0.29) is 6.29 Å². The molecule has 0 saturated carbocycles. The Labute approximate surface area is 81.6 Å². The summed E-state index contributed by atoms with van der Waals surface area (Å²) in [5, 5.41) is 0. The van der Waals surface area contributed by atoms with Crippen LogP contribution in [0.5, 0.6) is 0 Å². The van der Waals surface area contributed by atoms with Crippen LogP contribution in [0.2, 0.25) is 0 Å². The van der Waals surface area contributed by atoms with Crippen molar-refractivity contribution in [2.45, 2.75) is 12.2 Å². The molecule has 1 aliphatic heterocycles. The van der Waals surface area contributed by atoms with Crippen molar-refractivity contribution in [3.63, 3.8) is 0 Å². The zero-order valence-electron chi connectivity index (χ0n) is 7.07. The fourth-order valence-electron chi connectivity index (χ4n) is 1.26. The molecule has 70 valence electrons. The van der Waals surface area contributed by atoms with Gasteiger partial charge in [-0.1, -0.05) is 0 Å². The summed E-state index contributed by atoms with van der Waals surface area (Å²) in [6.07, 6.45) is 3.23. The Kier molecular flexibility index (Phi) is 2.78. The molecule has 0 radical (unpaired) electrons. The van der Waals surface area contributed by atoms with Crippen molar-refractivity contribution in [3.8, 4) is 0 Å². The zero-order chi connectivity index (χ0) is 9.10. The molecular formula is C9H10ClNO2. The van der Waals surface area contributed by atoms with Crippen LogP contribution in [0.1, 0.15) is 17.4 Å². The fraction of sp³-hybridized carbons (Fsp3) is 0.444. The highest BCUT2D eigenvalue weighted by Gasteiger charge is 2.18. The lowest BCUT2D eigenvalue weighted by Crippen LogP contribution is -1.99. The fourth-order valence-corrected chi connectivity index (χ4v) is 1.41. The maximum absolute atomic E-state index is 5.68. The van der Waals surface area contributed by atoms with Crippen LogP contribution in [0.4, 0.5) is 0 Å². The van der Waals surface area contributed by atoms with Crippen LogP contribution in [-0.4, -0.2) is 18.2 Å². The second-order valence-electron chi connectivity index (χ2n) is 2.83. The third-order valence-corrected chi connectivity index (χ3v) is 2.17. The lowest BCUT2D eigenvalue weighted by molar-refractivity contribution is -0.0443. The van der Waals surface area contributed by atoms with E-state index in [2.05, 4.69) is 4.98 Å². The number of halogens is 1. The van der Waals surface area contributed by atoms with Gasteiger partial charge in [0, 0.05) is 23.8 Å². The van der Waals surface area contributed by atoms with Crippen LogP contribution in [-0.2, 0) is 15.4 Å². The summed E-state index contributed by atoms with van der Waals surface area (Å²) in [5.74, 6) is 0.466. The van der Waals surface area contributed by atoms with Crippen LogP contribution < -0.4 is 0 Å². The molecule has 0 unspecified atom stereocenters. The summed E-state index contributed by atoms with van der Waals surface area (Å²) in [4.78, 5) is 4.06. The number of alkyl halides is 1. The molecule has 1 fully saturated rings. The van der Waals surface area contributed by atoms with Gasteiger partial charge < -0.3 is 9.47 Å². The minimum Gasteiger partial charge on any atom is -0.346 e. The van der Waals surface area contributed by atoms with Gasteiger partial charge in [-0.05, 0) is 11.6 Å². The molecule has 1 aromatic rings. The monoisotopic (exact) mass is 199 g/mol. The van der Waals surface area contributed by atoms with Crippen LogP contribution in [0.15, 0.2) is 18.5 Å². The Morgan fingerprint density at radius 3 is 2.85 bits per heavy atom. The molecule has 0 spiro atoms. The van der Waals surface area contributed by atoms with Crippen molar-refractivity contribution in [1.29, 1.82) is 0 Å². The summed E-state index contributed by atoms with van der Waals surface area (Å²) in [6.45, 7) is 1.30. The van der Waals surface area contributed by atoms with Gasteiger partial charge in [0.1, 0.15) is 0 Å². The third kappa shape index (κ3) is 1.99. The maximum atomic E-state index is 5.68. The Morgan fingerprint density at radius 1 is 1.38 bits per heavy atom. The highest BCUT2D eigenvalue weighted by Crippen LogP contribution is 2.23. The van der Waals surface area contributed by atoms with Crippen molar-refractivity contribution in [1.82, 2.24) is 4.98 Å². The van der Waals surface area contributed by atoms with Gasteiger partial charge in [0.05, 0.1) is 13.2 Å². The second kappa shape index (κ2) is 4.05. The van der Waals surface area contributed by atoms with Gasteiger partial charge in [0.15, 0.2) is 6.29 Å². The van der Waals surface area contributed by atoms with Gasteiger partial charge in [-0.3, -0.25) is 4.98 Å². The molecule has 0 aliphatic carbocycles.